The van der Waals surface area contributed by atoms with E-state index in [0.717, 1.165) is 13.1 Å². The first-order valence-electron chi connectivity index (χ1n) is 17.7. The third-order valence-corrected chi connectivity index (χ3v) is 9.61. The van der Waals surface area contributed by atoms with Crippen molar-refractivity contribution in [3.05, 3.63) is 193 Å². The van der Waals surface area contributed by atoms with Crippen LogP contribution in [0.5, 0.6) is 0 Å². The molecule has 0 N–H and O–H groups in total. The van der Waals surface area contributed by atoms with Gasteiger partial charge in [0.2, 0.25) is 11.4 Å². The Labute approximate surface area is 296 Å². The van der Waals surface area contributed by atoms with Crippen LogP contribution in [0.25, 0.3) is 33.6 Å². The number of hydrogen-bond donors (Lipinski definition) is 0. The lowest BCUT2D eigenvalue weighted by atomic mass is 10.0. The van der Waals surface area contributed by atoms with Gasteiger partial charge >= 0.3 is 0 Å². The average Bonchev–Trinajstić information content (AvgIpc) is 3.16. The minimum Gasteiger partial charge on any atom is -0.201 e. The van der Waals surface area contributed by atoms with Crippen molar-refractivity contribution >= 4 is 0 Å². The third kappa shape index (κ3) is 7.30. The molecule has 0 radical (unpaired) electrons. The van der Waals surface area contributed by atoms with Crippen molar-refractivity contribution in [3.8, 4) is 33.6 Å². The maximum atomic E-state index is 2.26. The predicted molar refractivity (Wildman–Crippen MR) is 200 cm³/mol. The number of benzene rings is 3. The molecule has 0 aliphatic rings. The van der Waals surface area contributed by atoms with Crippen LogP contribution in [0.15, 0.2) is 171 Å². The van der Waals surface area contributed by atoms with Gasteiger partial charge in [0.1, 0.15) is 0 Å². The molecule has 4 heteroatoms. The van der Waals surface area contributed by atoms with Crippen molar-refractivity contribution < 1.29 is 18.3 Å². The Kier molecular flexibility index (Phi) is 9.70. The highest BCUT2D eigenvalue weighted by Crippen LogP contribution is 2.22. The smallest absolute Gasteiger partial charge is 0.201 e. The maximum Gasteiger partial charge on any atom is 0.214 e. The Hall–Kier alpha value is -5.74. The molecule has 0 unspecified atom stereocenters. The lowest BCUT2D eigenvalue weighted by Crippen LogP contribution is -2.36. The lowest BCUT2D eigenvalue weighted by molar-refractivity contribution is -0.693. The van der Waals surface area contributed by atoms with Crippen LogP contribution in [0, 0.1) is 0 Å². The quantitative estimate of drug-likeness (QED) is 0.132. The summed E-state index contributed by atoms with van der Waals surface area (Å²) < 4.78 is 8.96. The summed E-state index contributed by atoms with van der Waals surface area (Å²) in [6.45, 7) is 10.6. The second-order valence-corrected chi connectivity index (χ2v) is 13.7. The van der Waals surface area contributed by atoms with E-state index in [-0.39, 0.29) is 0 Å². The Balaban J connectivity index is 1.02. The van der Waals surface area contributed by atoms with Crippen LogP contribution in [0.3, 0.4) is 0 Å². The molecule has 7 rings (SSSR count). The summed E-state index contributed by atoms with van der Waals surface area (Å²) in [5, 5.41) is 0. The van der Waals surface area contributed by atoms with Gasteiger partial charge in [-0.3, -0.25) is 0 Å². The van der Waals surface area contributed by atoms with E-state index in [9.17, 15) is 0 Å². The fourth-order valence-corrected chi connectivity index (χ4v) is 6.75. The lowest BCUT2D eigenvalue weighted by Gasteiger charge is -2.08. The highest BCUT2D eigenvalue weighted by molar-refractivity contribution is 5.62. The molecule has 0 fully saturated rings. The summed E-state index contributed by atoms with van der Waals surface area (Å²) in [5.41, 5.74) is 12.7. The standard InChI is InChI=1S/C46H46N4/c1-35(2)43-13-7-9-15-45(43)49-29-21-39(22-30-49)37-17-25-47(26-18-37)33-41-11-5-6-12-42(41)34-48-27-19-38(20-28-48)40-23-31-50(32-24-40)46-16-10-8-14-44(46)36(3)4/h5-32,35-36H,33-34H2,1-4H3/q+4. The van der Waals surface area contributed by atoms with Gasteiger partial charge in [-0.25, -0.2) is 9.13 Å². The number of para-hydroxylation sites is 2. The first-order chi connectivity index (χ1) is 24.4. The third-order valence-electron chi connectivity index (χ3n) is 9.61. The molecule has 0 bridgehead atoms. The summed E-state index contributed by atoms with van der Waals surface area (Å²) in [7, 11) is 0. The minimum absolute atomic E-state index is 0.472. The summed E-state index contributed by atoms with van der Waals surface area (Å²) in [4.78, 5) is 0. The number of hydrogen-bond acceptors (Lipinski definition) is 0. The van der Waals surface area contributed by atoms with E-state index in [1.807, 2.05) is 0 Å². The fraction of sp³-hybridized carbons (Fsp3) is 0.174. The van der Waals surface area contributed by atoms with Crippen LogP contribution in [-0.2, 0) is 13.1 Å². The molecule has 0 amide bonds. The van der Waals surface area contributed by atoms with Crippen molar-refractivity contribution in [1.82, 2.24) is 0 Å². The van der Waals surface area contributed by atoms with Gasteiger partial charge in [-0.1, -0.05) is 88.4 Å². The van der Waals surface area contributed by atoms with Crippen molar-refractivity contribution in [1.29, 1.82) is 0 Å². The highest BCUT2D eigenvalue weighted by Gasteiger charge is 2.17. The van der Waals surface area contributed by atoms with Crippen molar-refractivity contribution in [3.63, 3.8) is 0 Å². The van der Waals surface area contributed by atoms with Gasteiger partial charge in [0, 0.05) is 82.9 Å². The Morgan fingerprint density at radius 1 is 0.360 bits per heavy atom. The maximum absolute atomic E-state index is 2.26. The zero-order valence-electron chi connectivity index (χ0n) is 29.5. The first-order valence-corrected chi connectivity index (χ1v) is 17.7. The fourth-order valence-electron chi connectivity index (χ4n) is 6.75. The molecule has 4 heterocycles. The first kappa shape index (κ1) is 32.8. The molecule has 3 aromatic carbocycles. The topological polar surface area (TPSA) is 15.5 Å². The molecule has 246 valence electrons. The van der Waals surface area contributed by atoms with Crippen LogP contribution in [0.1, 0.15) is 61.8 Å². The van der Waals surface area contributed by atoms with E-state index in [0.29, 0.717) is 11.8 Å². The molecule has 0 atom stereocenters. The zero-order chi connectivity index (χ0) is 34.5. The van der Waals surface area contributed by atoms with Crippen molar-refractivity contribution in [2.75, 3.05) is 0 Å². The zero-order valence-corrected chi connectivity index (χ0v) is 29.5. The Morgan fingerprint density at radius 2 is 0.660 bits per heavy atom. The molecule has 0 spiro atoms. The molecule has 0 aliphatic heterocycles. The molecule has 0 saturated heterocycles. The van der Waals surface area contributed by atoms with Crippen molar-refractivity contribution in [2.24, 2.45) is 0 Å². The van der Waals surface area contributed by atoms with E-state index in [1.54, 1.807) is 0 Å². The number of nitrogens with zero attached hydrogens (tertiary/aromatic N) is 4. The second-order valence-electron chi connectivity index (χ2n) is 13.7. The molecular formula is C46H46N4+4. The molecule has 4 aromatic heterocycles. The Bertz CT molecular complexity index is 2020. The number of rotatable bonds is 10. The van der Waals surface area contributed by atoms with E-state index >= 15 is 0 Å². The van der Waals surface area contributed by atoms with Gasteiger partial charge in [-0.15, -0.1) is 0 Å². The number of aromatic nitrogens is 4. The number of pyridine rings is 4. The van der Waals surface area contributed by atoms with Gasteiger partial charge in [0.25, 0.3) is 0 Å². The molecule has 7 aromatic rings. The molecule has 4 nitrogen and oxygen atoms in total. The van der Waals surface area contributed by atoms with Crippen molar-refractivity contribution in [2.45, 2.75) is 52.6 Å². The SMILES string of the molecule is CC(C)c1ccccc1-[n+]1ccc(-c2cc[n+](Cc3ccccc3C[n+]3ccc(-c4cc[n+](-c5ccccc5C(C)C)cc4)cc3)cc2)cc1. The van der Waals surface area contributed by atoms with Crippen LogP contribution >= 0.6 is 0 Å². The summed E-state index contributed by atoms with van der Waals surface area (Å²) in [6, 6.07) is 43.7. The highest BCUT2D eigenvalue weighted by atomic mass is 15.0. The van der Waals surface area contributed by atoms with E-state index in [2.05, 4.69) is 217 Å². The summed E-state index contributed by atoms with van der Waals surface area (Å²) in [5.74, 6) is 0.943. The van der Waals surface area contributed by atoms with Crippen LogP contribution in [0.2, 0.25) is 0 Å². The normalized spacial score (nSPS) is 11.3. The Morgan fingerprint density at radius 3 is 1.00 bits per heavy atom. The van der Waals surface area contributed by atoms with E-state index < -0.39 is 0 Å². The van der Waals surface area contributed by atoms with Crippen LogP contribution in [0.4, 0.5) is 0 Å². The minimum atomic E-state index is 0.472. The molecule has 0 saturated carbocycles. The largest absolute Gasteiger partial charge is 0.214 e. The van der Waals surface area contributed by atoms with E-state index in [1.165, 1.54) is 55.9 Å². The van der Waals surface area contributed by atoms with Gasteiger partial charge < -0.3 is 0 Å². The molecule has 0 aliphatic carbocycles. The van der Waals surface area contributed by atoms with Gasteiger partial charge in [0.05, 0.1) is 0 Å². The monoisotopic (exact) mass is 654 g/mol. The summed E-state index contributed by atoms with van der Waals surface area (Å²) in [6.07, 6.45) is 17.4. The van der Waals surface area contributed by atoms with Gasteiger partial charge in [-0.05, 0) is 34.1 Å². The molecule has 50 heavy (non-hydrogen) atoms. The summed E-state index contributed by atoms with van der Waals surface area (Å²) >= 11 is 0. The predicted octanol–water partition coefficient (Wildman–Crippen LogP) is 8.49. The van der Waals surface area contributed by atoms with Crippen LogP contribution in [-0.4, -0.2) is 0 Å². The second kappa shape index (κ2) is 14.8. The van der Waals surface area contributed by atoms with Gasteiger partial charge in [-0.2, -0.15) is 9.13 Å². The van der Waals surface area contributed by atoms with Crippen LogP contribution < -0.4 is 18.3 Å². The average molecular weight is 655 g/mol. The van der Waals surface area contributed by atoms with Gasteiger partial charge in [0.15, 0.2) is 62.7 Å². The molecular weight excluding hydrogens is 609 g/mol. The van der Waals surface area contributed by atoms with E-state index in [4.69, 9.17) is 0 Å².